The van der Waals surface area contributed by atoms with Gasteiger partial charge in [-0.3, -0.25) is 25.1 Å². The number of carbonyl (C=O) groups excluding carboxylic acids is 3. The molecule has 0 aliphatic carbocycles. The molecule has 31 heavy (non-hydrogen) atoms. The van der Waals surface area contributed by atoms with Crippen molar-refractivity contribution in [3.63, 3.8) is 0 Å². The fourth-order valence-corrected chi connectivity index (χ4v) is 2.82. The molecule has 0 spiro atoms. The van der Waals surface area contributed by atoms with E-state index in [4.69, 9.17) is 15.4 Å². The number of ketones is 1. The van der Waals surface area contributed by atoms with Crippen molar-refractivity contribution in [2.24, 2.45) is 16.2 Å². The lowest BCUT2D eigenvalue weighted by molar-refractivity contribution is -0.349. The van der Waals surface area contributed by atoms with E-state index in [0.29, 0.717) is 5.69 Å². The molecule has 1 saturated heterocycles. The van der Waals surface area contributed by atoms with Crippen LogP contribution >= 0.6 is 0 Å². The van der Waals surface area contributed by atoms with Crippen molar-refractivity contribution >= 4 is 29.6 Å². The molecule has 2 amide bonds. The third-order valence-electron chi connectivity index (χ3n) is 4.34. The van der Waals surface area contributed by atoms with Crippen LogP contribution in [0.2, 0.25) is 0 Å². The summed E-state index contributed by atoms with van der Waals surface area (Å²) in [7, 11) is 0. The highest BCUT2D eigenvalue weighted by Gasteiger charge is 2.38. The van der Waals surface area contributed by atoms with E-state index in [2.05, 4.69) is 20.6 Å². The summed E-state index contributed by atoms with van der Waals surface area (Å²) in [6.07, 6.45) is 1.61. The smallest absolute Gasteiger partial charge is 0.316 e. The van der Waals surface area contributed by atoms with Crippen LogP contribution in [0, 0.1) is 6.92 Å². The van der Waals surface area contributed by atoms with Crippen LogP contribution in [-0.2, 0) is 30.5 Å². The summed E-state index contributed by atoms with van der Waals surface area (Å²) in [6.45, 7) is 7.22. The van der Waals surface area contributed by atoms with E-state index in [1.54, 1.807) is 20.8 Å². The molecule has 1 aliphatic heterocycles. The number of ether oxygens (including phenoxy) is 1. The number of nitrogens with one attached hydrogen (secondary N) is 2. The quantitative estimate of drug-likeness (QED) is 0.127. The first-order valence-electron chi connectivity index (χ1n) is 9.81. The fraction of sp³-hybridized carbons (Fsp3) is 0.500. The average Bonchev–Trinajstić information content (AvgIpc) is 3.20. The van der Waals surface area contributed by atoms with Crippen LogP contribution in [0.4, 0.5) is 5.69 Å². The number of hydrogen-bond donors (Lipinski definition) is 3. The average molecular weight is 433 g/mol. The molecule has 11 heteroatoms. The Morgan fingerprint density at radius 3 is 2.81 bits per heavy atom. The fourth-order valence-electron chi connectivity index (χ4n) is 2.82. The maximum Gasteiger partial charge on any atom is 0.316 e. The standard InChI is InChI=1S/C20H28N6O5/c1-13-5-6-15(23-12-24-25-21)14(9-13)10-22-18(28)16-7-8-31-26(16)19(29)17(27)11-30-20(2,3)4/h5-6,9,12,16H,7-8,10-11H2,1-4H3,(H,22,28)(H2,21,23,24)/p+1/t16-/m0/s1. The number of aryl methyl sites for hydroxylation is 1. The highest BCUT2D eigenvalue weighted by atomic mass is 16.7. The van der Waals surface area contributed by atoms with E-state index in [1.807, 2.05) is 25.1 Å². The summed E-state index contributed by atoms with van der Waals surface area (Å²) in [5.74, 6) is 2.88. The van der Waals surface area contributed by atoms with Crippen LogP contribution in [-0.4, -0.2) is 53.9 Å². The lowest BCUT2D eigenvalue weighted by atomic mass is 10.1. The third kappa shape index (κ3) is 7.23. The van der Waals surface area contributed by atoms with Gasteiger partial charge in [-0.2, -0.15) is 0 Å². The van der Waals surface area contributed by atoms with Gasteiger partial charge in [0.25, 0.3) is 0 Å². The second kappa shape index (κ2) is 10.7. The van der Waals surface area contributed by atoms with Crippen molar-refractivity contribution in [3.05, 3.63) is 29.3 Å². The predicted molar refractivity (Wildman–Crippen MR) is 111 cm³/mol. The van der Waals surface area contributed by atoms with Gasteiger partial charge in [0.15, 0.2) is 0 Å². The van der Waals surface area contributed by atoms with Crippen LogP contribution in [0.5, 0.6) is 0 Å². The van der Waals surface area contributed by atoms with Gasteiger partial charge in [0.2, 0.25) is 11.7 Å². The minimum Gasteiger partial charge on any atom is -0.368 e. The molecule has 1 aromatic carbocycles. The number of carbonyl (C=O) groups is 3. The van der Waals surface area contributed by atoms with Crippen molar-refractivity contribution in [1.82, 2.24) is 10.4 Å². The minimum atomic E-state index is -0.901. The SMILES string of the molecule is Cc1ccc([NH+]=CN=NN)c(CNC(=O)[C@@H]2CCON2C(=O)C(=O)COC(C)(C)C)c1. The Labute approximate surface area is 180 Å². The summed E-state index contributed by atoms with van der Waals surface area (Å²) in [5, 5.41) is 10.3. The van der Waals surface area contributed by atoms with Crippen molar-refractivity contribution < 1.29 is 29.0 Å². The van der Waals surface area contributed by atoms with Crippen LogP contribution in [0.15, 0.2) is 28.5 Å². The Bertz CT molecular complexity index is 877. The Kier molecular flexibility index (Phi) is 8.34. The molecule has 0 bridgehead atoms. The number of nitrogens with zero attached hydrogens (tertiary/aromatic N) is 3. The number of rotatable bonds is 8. The monoisotopic (exact) mass is 433 g/mol. The molecule has 11 nitrogen and oxygen atoms in total. The minimum absolute atomic E-state index is 0.160. The van der Waals surface area contributed by atoms with Crippen LogP contribution < -0.4 is 16.2 Å². The van der Waals surface area contributed by atoms with Gasteiger partial charge in [-0.1, -0.05) is 17.7 Å². The Morgan fingerprint density at radius 2 is 2.13 bits per heavy atom. The maximum absolute atomic E-state index is 12.7. The number of benzene rings is 1. The van der Waals surface area contributed by atoms with Gasteiger partial charge in [-0.25, -0.2) is 10.1 Å². The first kappa shape index (κ1) is 24.1. The number of nitrogens with two attached hydrogens (primary N) is 1. The normalized spacial score (nSPS) is 16.9. The van der Waals surface area contributed by atoms with E-state index in [-0.39, 0.29) is 26.2 Å². The highest BCUT2D eigenvalue weighted by Crippen LogP contribution is 2.17. The number of hydroxylamine groups is 2. The molecular formula is C20H29N6O5+. The molecule has 168 valence electrons. The summed E-state index contributed by atoms with van der Waals surface area (Å²) in [5.41, 5.74) is 1.94. The second-order valence-corrected chi connectivity index (χ2v) is 7.98. The molecule has 0 unspecified atom stereocenters. The van der Waals surface area contributed by atoms with Gasteiger partial charge in [-0.05, 0) is 33.8 Å². The predicted octanol–water partition coefficient (Wildman–Crippen LogP) is -0.406. The molecule has 1 fully saturated rings. The molecule has 0 radical (unpaired) electrons. The van der Waals surface area contributed by atoms with Gasteiger partial charge in [0.05, 0.1) is 17.3 Å². The van der Waals surface area contributed by atoms with Crippen molar-refractivity contribution in [1.29, 1.82) is 0 Å². The van der Waals surface area contributed by atoms with E-state index < -0.39 is 29.2 Å². The molecular weight excluding hydrogens is 404 g/mol. The van der Waals surface area contributed by atoms with Crippen molar-refractivity contribution in [2.75, 3.05) is 13.2 Å². The van der Waals surface area contributed by atoms with Crippen LogP contribution in [0.25, 0.3) is 0 Å². The Morgan fingerprint density at radius 1 is 1.39 bits per heavy atom. The summed E-state index contributed by atoms with van der Waals surface area (Å²) in [6, 6.07) is 4.74. The topological polar surface area (TPSA) is 150 Å². The zero-order valence-electron chi connectivity index (χ0n) is 18.2. The molecule has 2 rings (SSSR count). The molecule has 1 aliphatic rings. The molecule has 0 aromatic heterocycles. The number of amides is 2. The first-order valence-corrected chi connectivity index (χ1v) is 9.81. The molecule has 4 N–H and O–H groups in total. The maximum atomic E-state index is 12.7. The van der Waals surface area contributed by atoms with Gasteiger partial charge >= 0.3 is 12.2 Å². The van der Waals surface area contributed by atoms with E-state index in [1.165, 1.54) is 6.34 Å². The van der Waals surface area contributed by atoms with Crippen LogP contribution in [0.1, 0.15) is 38.3 Å². The highest BCUT2D eigenvalue weighted by molar-refractivity contribution is 6.36. The van der Waals surface area contributed by atoms with Crippen LogP contribution in [0.3, 0.4) is 0 Å². The van der Waals surface area contributed by atoms with Crippen molar-refractivity contribution in [2.45, 2.75) is 52.3 Å². The Hall–Kier alpha value is -3.18. The van der Waals surface area contributed by atoms with Gasteiger partial charge in [0, 0.05) is 23.8 Å². The molecule has 1 aromatic rings. The number of Topliss-reactive ketones (excluding diaryl/α,β-unsaturated/α-hetero) is 1. The largest absolute Gasteiger partial charge is 0.368 e. The van der Waals surface area contributed by atoms with Gasteiger partial charge in [0.1, 0.15) is 18.3 Å². The lowest BCUT2D eigenvalue weighted by Crippen LogP contribution is -2.61. The first-order chi connectivity index (χ1) is 14.6. The van der Waals surface area contributed by atoms with Gasteiger partial charge < -0.3 is 10.1 Å². The zero-order chi connectivity index (χ0) is 23.0. The molecule has 1 atom stereocenters. The van der Waals surface area contributed by atoms with E-state index in [9.17, 15) is 14.4 Å². The summed E-state index contributed by atoms with van der Waals surface area (Å²) >= 11 is 0. The second-order valence-electron chi connectivity index (χ2n) is 7.98. The van der Waals surface area contributed by atoms with E-state index >= 15 is 0 Å². The summed E-state index contributed by atoms with van der Waals surface area (Å²) in [4.78, 5) is 45.5. The zero-order valence-corrected chi connectivity index (χ0v) is 18.2. The summed E-state index contributed by atoms with van der Waals surface area (Å²) < 4.78 is 5.35. The van der Waals surface area contributed by atoms with E-state index in [0.717, 1.165) is 16.2 Å². The molecule has 1 heterocycles. The Balaban J connectivity index is 2.02. The van der Waals surface area contributed by atoms with Gasteiger partial charge in [-0.15, -0.1) is 0 Å². The third-order valence-corrected chi connectivity index (χ3v) is 4.34. The molecule has 0 saturated carbocycles. The lowest BCUT2D eigenvalue weighted by Gasteiger charge is -2.23. The van der Waals surface area contributed by atoms with Crippen molar-refractivity contribution in [3.8, 4) is 0 Å². The number of hydrogen-bond acceptors (Lipinski definition) is 6.